The molecule has 1 aromatic carbocycles. The van der Waals surface area contributed by atoms with Crippen LogP contribution in [0.15, 0.2) is 29.3 Å². The van der Waals surface area contributed by atoms with Gasteiger partial charge in [-0.15, -0.1) is 0 Å². The van der Waals surface area contributed by atoms with Crippen LogP contribution >= 0.6 is 0 Å². The number of ether oxygens (including phenoxy) is 2. The molecule has 1 aliphatic heterocycles. The number of likely N-dealkylation sites (N-methyl/N-ethyl adjacent to an activating group) is 1. The number of methoxy groups -OCH3 is 1. The van der Waals surface area contributed by atoms with Crippen molar-refractivity contribution in [1.29, 1.82) is 0 Å². The Kier molecular flexibility index (Phi) is 9.06. The van der Waals surface area contributed by atoms with Crippen molar-refractivity contribution in [3.63, 3.8) is 0 Å². The standard InChI is InChI=1S/C22H38N4O2/c1-6-23-21(25-17-22(26(3)4)12-15-28-16-13-22)24-14-11-18(2)19-7-9-20(27-5)10-8-19/h7-10,18H,6,11-17H2,1-5H3,(H2,23,24,25). The van der Waals surface area contributed by atoms with Crippen molar-refractivity contribution in [3.05, 3.63) is 29.8 Å². The zero-order valence-corrected chi connectivity index (χ0v) is 18.3. The Morgan fingerprint density at radius 1 is 1.21 bits per heavy atom. The third kappa shape index (κ3) is 6.38. The lowest BCUT2D eigenvalue weighted by molar-refractivity contribution is -0.00254. The van der Waals surface area contributed by atoms with Crippen LogP contribution in [-0.4, -0.2) is 70.5 Å². The monoisotopic (exact) mass is 390 g/mol. The van der Waals surface area contributed by atoms with Gasteiger partial charge in [-0.1, -0.05) is 19.1 Å². The van der Waals surface area contributed by atoms with Gasteiger partial charge in [-0.05, 0) is 63.9 Å². The Hall–Kier alpha value is -1.79. The Bertz CT molecular complexity index is 595. The van der Waals surface area contributed by atoms with Gasteiger partial charge in [-0.3, -0.25) is 4.99 Å². The fraction of sp³-hybridized carbons (Fsp3) is 0.682. The second-order valence-corrected chi connectivity index (χ2v) is 7.82. The van der Waals surface area contributed by atoms with Crippen LogP contribution in [0, 0.1) is 0 Å². The molecule has 1 aliphatic rings. The van der Waals surface area contributed by atoms with Gasteiger partial charge in [0.1, 0.15) is 5.75 Å². The summed E-state index contributed by atoms with van der Waals surface area (Å²) in [6.45, 7) is 8.53. The van der Waals surface area contributed by atoms with Gasteiger partial charge in [0.05, 0.1) is 13.7 Å². The summed E-state index contributed by atoms with van der Waals surface area (Å²) in [7, 11) is 6.00. The molecule has 1 heterocycles. The average Bonchev–Trinajstić information content (AvgIpc) is 2.72. The highest BCUT2D eigenvalue weighted by molar-refractivity contribution is 5.79. The molecule has 28 heavy (non-hydrogen) atoms. The van der Waals surface area contributed by atoms with E-state index in [0.717, 1.165) is 63.8 Å². The van der Waals surface area contributed by atoms with E-state index in [4.69, 9.17) is 14.5 Å². The highest BCUT2D eigenvalue weighted by Gasteiger charge is 2.34. The van der Waals surface area contributed by atoms with E-state index < -0.39 is 0 Å². The molecule has 158 valence electrons. The summed E-state index contributed by atoms with van der Waals surface area (Å²) in [4.78, 5) is 7.22. The molecule has 1 fully saturated rings. The smallest absolute Gasteiger partial charge is 0.191 e. The highest BCUT2D eigenvalue weighted by Crippen LogP contribution is 2.26. The van der Waals surface area contributed by atoms with Crippen LogP contribution < -0.4 is 15.4 Å². The van der Waals surface area contributed by atoms with Gasteiger partial charge >= 0.3 is 0 Å². The molecule has 0 bridgehead atoms. The zero-order valence-electron chi connectivity index (χ0n) is 18.3. The SMILES string of the molecule is CCNC(=NCC1(N(C)C)CCOCC1)NCCC(C)c1ccc(OC)cc1. The first-order valence-corrected chi connectivity index (χ1v) is 10.4. The van der Waals surface area contributed by atoms with Crippen molar-refractivity contribution in [2.45, 2.75) is 44.6 Å². The third-order valence-electron chi connectivity index (χ3n) is 5.80. The molecular formula is C22H38N4O2. The summed E-state index contributed by atoms with van der Waals surface area (Å²) in [5, 5.41) is 6.88. The molecule has 0 amide bonds. The van der Waals surface area contributed by atoms with Crippen LogP contribution in [0.25, 0.3) is 0 Å². The van der Waals surface area contributed by atoms with Gasteiger partial charge < -0.3 is 25.0 Å². The largest absolute Gasteiger partial charge is 0.497 e. The first-order chi connectivity index (χ1) is 13.5. The van der Waals surface area contributed by atoms with E-state index in [0.29, 0.717) is 5.92 Å². The Morgan fingerprint density at radius 3 is 2.46 bits per heavy atom. The predicted molar refractivity (Wildman–Crippen MR) is 116 cm³/mol. The number of rotatable bonds is 9. The van der Waals surface area contributed by atoms with Gasteiger partial charge in [0.25, 0.3) is 0 Å². The topological polar surface area (TPSA) is 58.1 Å². The molecule has 1 aromatic rings. The number of aliphatic imine (C=N–C) groups is 1. The van der Waals surface area contributed by atoms with Crippen molar-refractivity contribution < 1.29 is 9.47 Å². The van der Waals surface area contributed by atoms with Gasteiger partial charge in [0.2, 0.25) is 0 Å². The predicted octanol–water partition coefficient (Wildman–Crippen LogP) is 2.85. The molecule has 0 aliphatic carbocycles. The molecule has 1 atom stereocenters. The second kappa shape index (κ2) is 11.3. The number of hydrogen-bond acceptors (Lipinski definition) is 4. The lowest BCUT2D eigenvalue weighted by atomic mass is 9.89. The summed E-state index contributed by atoms with van der Waals surface area (Å²) in [6, 6.07) is 8.35. The maximum absolute atomic E-state index is 5.56. The molecule has 2 rings (SSSR count). The lowest BCUT2D eigenvalue weighted by Gasteiger charge is -2.41. The van der Waals surface area contributed by atoms with Crippen molar-refractivity contribution in [2.75, 3.05) is 54.1 Å². The van der Waals surface area contributed by atoms with Crippen molar-refractivity contribution >= 4 is 5.96 Å². The fourth-order valence-electron chi connectivity index (χ4n) is 3.57. The molecule has 0 radical (unpaired) electrons. The quantitative estimate of drug-likeness (QED) is 0.502. The van der Waals surface area contributed by atoms with E-state index in [9.17, 15) is 0 Å². The van der Waals surface area contributed by atoms with E-state index in [2.05, 4.69) is 55.6 Å². The molecule has 6 heteroatoms. The number of guanidine groups is 1. The summed E-state index contributed by atoms with van der Waals surface area (Å²) in [6.07, 6.45) is 3.10. The first kappa shape index (κ1) is 22.5. The third-order valence-corrected chi connectivity index (χ3v) is 5.80. The van der Waals surface area contributed by atoms with E-state index in [1.54, 1.807) is 7.11 Å². The summed E-state index contributed by atoms with van der Waals surface area (Å²) < 4.78 is 10.8. The van der Waals surface area contributed by atoms with Crippen molar-refractivity contribution in [1.82, 2.24) is 15.5 Å². The number of nitrogens with one attached hydrogen (secondary N) is 2. The van der Waals surface area contributed by atoms with Gasteiger partial charge in [0, 0.05) is 31.8 Å². The average molecular weight is 391 g/mol. The van der Waals surface area contributed by atoms with E-state index in [-0.39, 0.29) is 5.54 Å². The van der Waals surface area contributed by atoms with Crippen LogP contribution in [0.1, 0.15) is 44.6 Å². The second-order valence-electron chi connectivity index (χ2n) is 7.82. The fourth-order valence-corrected chi connectivity index (χ4v) is 3.57. The van der Waals surface area contributed by atoms with E-state index >= 15 is 0 Å². The Labute approximate surface area is 170 Å². The summed E-state index contributed by atoms with van der Waals surface area (Å²) in [5.74, 6) is 2.28. The van der Waals surface area contributed by atoms with Gasteiger partial charge in [0.15, 0.2) is 5.96 Å². The Morgan fingerprint density at radius 2 is 1.89 bits per heavy atom. The van der Waals surface area contributed by atoms with Crippen LogP contribution in [-0.2, 0) is 4.74 Å². The molecule has 1 saturated heterocycles. The maximum atomic E-state index is 5.56. The molecule has 2 N–H and O–H groups in total. The normalized spacial score (nSPS) is 18.0. The zero-order chi connectivity index (χ0) is 20.4. The number of hydrogen-bond donors (Lipinski definition) is 2. The molecule has 0 aromatic heterocycles. The van der Waals surface area contributed by atoms with Crippen LogP contribution in [0.5, 0.6) is 5.75 Å². The highest BCUT2D eigenvalue weighted by atomic mass is 16.5. The number of benzene rings is 1. The lowest BCUT2D eigenvalue weighted by Crippen LogP contribution is -2.51. The van der Waals surface area contributed by atoms with Crippen molar-refractivity contribution in [3.8, 4) is 5.75 Å². The summed E-state index contributed by atoms with van der Waals surface area (Å²) in [5.41, 5.74) is 1.43. The minimum absolute atomic E-state index is 0.0942. The Balaban J connectivity index is 1.89. The maximum Gasteiger partial charge on any atom is 0.191 e. The minimum atomic E-state index is 0.0942. The molecular weight excluding hydrogens is 352 g/mol. The van der Waals surface area contributed by atoms with E-state index in [1.165, 1.54) is 5.56 Å². The van der Waals surface area contributed by atoms with Gasteiger partial charge in [-0.25, -0.2) is 0 Å². The molecule has 0 saturated carbocycles. The van der Waals surface area contributed by atoms with Crippen molar-refractivity contribution in [2.24, 2.45) is 4.99 Å². The first-order valence-electron chi connectivity index (χ1n) is 10.4. The van der Waals surface area contributed by atoms with Crippen LogP contribution in [0.3, 0.4) is 0 Å². The number of nitrogens with zero attached hydrogens (tertiary/aromatic N) is 2. The minimum Gasteiger partial charge on any atom is -0.497 e. The summed E-state index contributed by atoms with van der Waals surface area (Å²) >= 11 is 0. The van der Waals surface area contributed by atoms with Crippen LogP contribution in [0.4, 0.5) is 0 Å². The van der Waals surface area contributed by atoms with Gasteiger partial charge in [-0.2, -0.15) is 0 Å². The van der Waals surface area contributed by atoms with Crippen LogP contribution in [0.2, 0.25) is 0 Å². The molecule has 6 nitrogen and oxygen atoms in total. The molecule has 0 spiro atoms. The van der Waals surface area contributed by atoms with E-state index in [1.807, 2.05) is 12.1 Å². The molecule has 1 unspecified atom stereocenters.